The topological polar surface area (TPSA) is 26.8 Å². The third kappa shape index (κ3) is 4.62. The highest BCUT2D eigenvalue weighted by Gasteiger charge is 2.19. The number of amides is 1. The highest BCUT2D eigenvalue weighted by atomic mass is 16.2. The summed E-state index contributed by atoms with van der Waals surface area (Å²) in [5.74, 6) is 0.365. The van der Waals surface area contributed by atoms with Crippen LogP contribution in [0.25, 0.3) is 10.8 Å². The molecule has 2 fully saturated rings. The lowest BCUT2D eigenvalue weighted by Gasteiger charge is -2.36. The Kier molecular flexibility index (Phi) is 5.93. The summed E-state index contributed by atoms with van der Waals surface area (Å²) in [5, 5.41) is 2.62. The maximum atomic E-state index is 12.3. The number of hydrogen-bond donors (Lipinski definition) is 0. The van der Waals surface area contributed by atoms with Crippen molar-refractivity contribution in [3.05, 3.63) is 42.5 Å². The maximum Gasteiger partial charge on any atom is 0.222 e. The Balaban J connectivity index is 1.22. The van der Waals surface area contributed by atoms with Crippen molar-refractivity contribution in [3.63, 3.8) is 0 Å². The molecule has 0 saturated carbocycles. The molecule has 0 aliphatic carbocycles. The molecule has 2 heterocycles. The van der Waals surface area contributed by atoms with Gasteiger partial charge in [0.25, 0.3) is 0 Å². The highest BCUT2D eigenvalue weighted by molar-refractivity contribution is 5.85. The minimum Gasteiger partial charge on any atom is -0.369 e. The van der Waals surface area contributed by atoms with E-state index < -0.39 is 0 Å². The average Bonchev–Trinajstić information content (AvgIpc) is 2.74. The molecule has 0 N–H and O–H groups in total. The molecule has 2 aromatic rings. The Morgan fingerprint density at radius 1 is 0.815 bits per heavy atom. The molecule has 0 bridgehead atoms. The van der Waals surface area contributed by atoms with Gasteiger partial charge in [0.1, 0.15) is 0 Å². The normalized spacial score (nSPS) is 18.8. The van der Waals surface area contributed by atoms with Crippen LogP contribution in [0.3, 0.4) is 0 Å². The van der Waals surface area contributed by atoms with Crippen molar-refractivity contribution in [1.82, 2.24) is 9.80 Å². The number of carbonyl (C=O) groups is 1. The van der Waals surface area contributed by atoms with Crippen LogP contribution in [0.2, 0.25) is 0 Å². The Morgan fingerprint density at radius 3 is 2.33 bits per heavy atom. The lowest BCUT2D eigenvalue weighted by atomic mass is 10.1. The van der Waals surface area contributed by atoms with E-state index in [1.165, 1.54) is 35.7 Å². The molecular weight excluding hydrogens is 334 g/mol. The zero-order valence-electron chi connectivity index (χ0n) is 16.3. The monoisotopic (exact) mass is 365 g/mol. The van der Waals surface area contributed by atoms with Gasteiger partial charge in [0, 0.05) is 51.4 Å². The first-order chi connectivity index (χ1) is 13.3. The number of fused-ring (bicyclic) bond motifs is 1. The molecule has 0 atom stereocenters. The van der Waals surface area contributed by atoms with Crippen LogP contribution in [0.4, 0.5) is 5.69 Å². The van der Waals surface area contributed by atoms with Gasteiger partial charge in [0.05, 0.1) is 0 Å². The summed E-state index contributed by atoms with van der Waals surface area (Å²) >= 11 is 0. The molecule has 144 valence electrons. The molecule has 0 spiro atoms. The van der Waals surface area contributed by atoms with Gasteiger partial charge in [0.15, 0.2) is 0 Å². The van der Waals surface area contributed by atoms with E-state index in [1.54, 1.807) is 0 Å². The third-order valence-electron chi connectivity index (χ3n) is 6.04. The lowest BCUT2D eigenvalue weighted by Crippen LogP contribution is -2.46. The van der Waals surface area contributed by atoms with Crippen molar-refractivity contribution in [3.8, 4) is 0 Å². The van der Waals surface area contributed by atoms with Crippen molar-refractivity contribution < 1.29 is 4.79 Å². The van der Waals surface area contributed by atoms with Crippen LogP contribution in [0.5, 0.6) is 0 Å². The fraction of sp³-hybridized carbons (Fsp3) is 0.522. The molecular formula is C23H31N3O. The first kappa shape index (κ1) is 18.3. The molecule has 1 amide bonds. The van der Waals surface area contributed by atoms with Crippen LogP contribution in [0.1, 0.15) is 32.1 Å². The highest BCUT2D eigenvalue weighted by Crippen LogP contribution is 2.23. The molecule has 4 nitrogen and oxygen atoms in total. The molecule has 0 aromatic heterocycles. The van der Waals surface area contributed by atoms with Crippen LogP contribution in [0.15, 0.2) is 42.5 Å². The Hall–Kier alpha value is -2.07. The van der Waals surface area contributed by atoms with E-state index >= 15 is 0 Å². The van der Waals surface area contributed by atoms with Gasteiger partial charge in [-0.25, -0.2) is 0 Å². The average molecular weight is 366 g/mol. The predicted molar refractivity (Wildman–Crippen MR) is 112 cm³/mol. The van der Waals surface area contributed by atoms with Gasteiger partial charge in [0.2, 0.25) is 5.91 Å². The number of nitrogens with zero attached hydrogens (tertiary/aromatic N) is 3. The first-order valence-electron chi connectivity index (χ1n) is 10.5. The van der Waals surface area contributed by atoms with E-state index in [-0.39, 0.29) is 0 Å². The van der Waals surface area contributed by atoms with E-state index in [9.17, 15) is 4.79 Å². The molecule has 27 heavy (non-hydrogen) atoms. The number of piperidine rings is 1. The summed E-state index contributed by atoms with van der Waals surface area (Å²) in [6, 6.07) is 15.3. The van der Waals surface area contributed by atoms with Crippen molar-refractivity contribution in [1.29, 1.82) is 0 Å². The van der Waals surface area contributed by atoms with Crippen LogP contribution < -0.4 is 4.90 Å². The summed E-state index contributed by atoms with van der Waals surface area (Å²) in [6.07, 6.45) is 5.35. The second-order valence-corrected chi connectivity index (χ2v) is 7.91. The van der Waals surface area contributed by atoms with E-state index in [0.717, 1.165) is 52.2 Å². The summed E-state index contributed by atoms with van der Waals surface area (Å²) in [7, 11) is 0. The minimum atomic E-state index is 0.365. The molecule has 2 aromatic carbocycles. The van der Waals surface area contributed by atoms with Crippen LogP contribution >= 0.6 is 0 Å². The van der Waals surface area contributed by atoms with Gasteiger partial charge in [-0.2, -0.15) is 0 Å². The smallest absolute Gasteiger partial charge is 0.222 e. The van der Waals surface area contributed by atoms with Crippen LogP contribution in [0, 0.1) is 0 Å². The van der Waals surface area contributed by atoms with Crippen LogP contribution in [-0.4, -0.2) is 61.5 Å². The van der Waals surface area contributed by atoms with Gasteiger partial charge >= 0.3 is 0 Å². The molecule has 4 heteroatoms. The van der Waals surface area contributed by atoms with Crippen molar-refractivity contribution >= 4 is 22.4 Å². The van der Waals surface area contributed by atoms with E-state index in [1.807, 2.05) is 0 Å². The Morgan fingerprint density at radius 2 is 1.56 bits per heavy atom. The molecule has 4 rings (SSSR count). The number of anilines is 1. The van der Waals surface area contributed by atoms with E-state index in [0.29, 0.717) is 12.3 Å². The fourth-order valence-corrected chi connectivity index (χ4v) is 4.36. The van der Waals surface area contributed by atoms with Gasteiger partial charge in [-0.1, -0.05) is 30.3 Å². The van der Waals surface area contributed by atoms with Gasteiger partial charge in [-0.3, -0.25) is 9.69 Å². The van der Waals surface area contributed by atoms with Crippen molar-refractivity contribution in [2.75, 3.05) is 50.7 Å². The van der Waals surface area contributed by atoms with Gasteiger partial charge in [-0.05, 0) is 55.1 Å². The standard InChI is InChI=1S/C23H31N3O/c27-23(26-13-4-1-5-14-26)9-6-12-24-15-17-25(18-16-24)22-11-10-20-7-2-3-8-21(20)19-22/h2-3,7-8,10-11,19H,1,4-6,9,12-18H2. The quantitative estimate of drug-likeness (QED) is 0.807. The molecule has 2 saturated heterocycles. The van der Waals surface area contributed by atoms with Gasteiger partial charge in [-0.15, -0.1) is 0 Å². The summed E-state index contributed by atoms with van der Waals surface area (Å²) in [6.45, 7) is 7.31. The fourth-order valence-electron chi connectivity index (χ4n) is 4.36. The molecule has 0 unspecified atom stereocenters. The van der Waals surface area contributed by atoms with Crippen LogP contribution in [-0.2, 0) is 4.79 Å². The number of benzene rings is 2. The minimum absolute atomic E-state index is 0.365. The first-order valence-corrected chi connectivity index (χ1v) is 10.5. The molecule has 0 radical (unpaired) electrons. The summed E-state index contributed by atoms with van der Waals surface area (Å²) in [5.41, 5.74) is 1.33. The SMILES string of the molecule is O=C(CCCN1CCN(c2ccc3ccccc3c2)CC1)N1CCCCC1. The predicted octanol–water partition coefficient (Wildman–Crippen LogP) is 3.75. The molecule has 2 aliphatic heterocycles. The summed E-state index contributed by atoms with van der Waals surface area (Å²) in [4.78, 5) is 19.4. The van der Waals surface area contributed by atoms with Crippen molar-refractivity contribution in [2.24, 2.45) is 0 Å². The van der Waals surface area contributed by atoms with Gasteiger partial charge < -0.3 is 9.80 Å². The van der Waals surface area contributed by atoms with E-state index in [4.69, 9.17) is 0 Å². The van der Waals surface area contributed by atoms with Crippen molar-refractivity contribution in [2.45, 2.75) is 32.1 Å². The summed E-state index contributed by atoms with van der Waals surface area (Å²) < 4.78 is 0. The maximum absolute atomic E-state index is 12.3. The second kappa shape index (κ2) is 8.75. The zero-order valence-corrected chi connectivity index (χ0v) is 16.3. The zero-order chi connectivity index (χ0) is 18.5. The van der Waals surface area contributed by atoms with E-state index in [2.05, 4.69) is 57.2 Å². The number of likely N-dealkylation sites (tertiary alicyclic amines) is 1. The number of piperazine rings is 1. The Bertz CT molecular complexity index is 761. The number of carbonyl (C=O) groups excluding carboxylic acids is 1. The third-order valence-corrected chi connectivity index (χ3v) is 6.04. The number of rotatable bonds is 5. The number of hydrogen-bond acceptors (Lipinski definition) is 3. The Labute approximate surface area is 162 Å². The molecule has 2 aliphatic rings. The lowest BCUT2D eigenvalue weighted by molar-refractivity contribution is -0.132. The largest absolute Gasteiger partial charge is 0.369 e. The second-order valence-electron chi connectivity index (χ2n) is 7.91.